The van der Waals surface area contributed by atoms with Crippen LogP contribution in [0.5, 0.6) is 0 Å². The number of halogens is 1. The van der Waals surface area contributed by atoms with E-state index in [1.54, 1.807) is 18.3 Å². The number of nitrogens with zero attached hydrogens (tertiary/aromatic N) is 4. The van der Waals surface area contributed by atoms with Crippen LogP contribution in [0.1, 0.15) is 13.3 Å². The van der Waals surface area contributed by atoms with E-state index in [2.05, 4.69) is 27.2 Å². The van der Waals surface area contributed by atoms with Gasteiger partial charge in [0, 0.05) is 43.4 Å². The number of aromatic nitrogens is 3. The Hall–Kier alpha value is -2.47. The number of benzene rings is 1. The summed E-state index contributed by atoms with van der Waals surface area (Å²) in [6.45, 7) is 4.92. The highest BCUT2D eigenvalue weighted by Crippen LogP contribution is 2.27. The van der Waals surface area contributed by atoms with Crippen LogP contribution in [0, 0.1) is 5.82 Å². The first-order chi connectivity index (χ1) is 11.8. The van der Waals surface area contributed by atoms with Crippen LogP contribution in [-0.2, 0) is 0 Å². The van der Waals surface area contributed by atoms with E-state index >= 15 is 0 Å². The number of hydrogen-bond acceptors (Lipinski definition) is 4. The molecule has 3 aromatic rings. The first-order valence-corrected chi connectivity index (χ1v) is 8.34. The van der Waals surface area contributed by atoms with Crippen molar-refractivity contribution in [2.75, 3.05) is 24.5 Å². The molecule has 3 heterocycles. The highest BCUT2D eigenvalue weighted by Gasteiger charge is 2.21. The minimum absolute atomic E-state index is 0.258. The van der Waals surface area contributed by atoms with Crippen molar-refractivity contribution < 1.29 is 4.39 Å². The normalized spacial score (nSPS) is 18.2. The molecule has 2 aromatic heterocycles. The van der Waals surface area contributed by atoms with Crippen LogP contribution in [0.15, 0.2) is 42.6 Å². The van der Waals surface area contributed by atoms with Gasteiger partial charge in [-0.1, -0.05) is 19.1 Å². The van der Waals surface area contributed by atoms with E-state index in [4.69, 9.17) is 0 Å². The van der Waals surface area contributed by atoms with Gasteiger partial charge in [0.15, 0.2) is 5.65 Å². The Morgan fingerprint density at radius 2 is 2.17 bits per heavy atom. The van der Waals surface area contributed by atoms with Gasteiger partial charge in [0.25, 0.3) is 0 Å². The van der Waals surface area contributed by atoms with Gasteiger partial charge in [-0.15, -0.1) is 0 Å². The zero-order valence-corrected chi connectivity index (χ0v) is 13.6. The molecule has 124 valence electrons. The lowest BCUT2D eigenvalue weighted by Gasteiger charge is -2.34. The Morgan fingerprint density at radius 1 is 1.29 bits per heavy atom. The average molecular weight is 325 g/mol. The van der Waals surface area contributed by atoms with Crippen LogP contribution in [0.3, 0.4) is 0 Å². The van der Waals surface area contributed by atoms with Crippen molar-refractivity contribution in [3.8, 4) is 11.3 Å². The molecule has 0 aliphatic carbocycles. The molecule has 0 amide bonds. The molecule has 1 aliphatic heterocycles. The summed E-state index contributed by atoms with van der Waals surface area (Å²) in [5.41, 5.74) is 1.89. The molecule has 1 atom stereocenters. The average Bonchev–Trinajstić information content (AvgIpc) is 3.10. The van der Waals surface area contributed by atoms with Gasteiger partial charge in [-0.3, -0.25) is 0 Å². The second kappa shape index (κ2) is 6.20. The van der Waals surface area contributed by atoms with E-state index in [9.17, 15) is 4.39 Å². The minimum Gasteiger partial charge on any atom is -0.354 e. The van der Waals surface area contributed by atoms with Crippen molar-refractivity contribution in [2.45, 2.75) is 19.4 Å². The lowest BCUT2D eigenvalue weighted by Crippen LogP contribution is -2.51. The molecule has 4 rings (SSSR count). The third-order valence-electron chi connectivity index (χ3n) is 4.56. The van der Waals surface area contributed by atoms with Gasteiger partial charge in [0.2, 0.25) is 0 Å². The smallest absolute Gasteiger partial charge is 0.157 e. The number of rotatable bonds is 3. The highest BCUT2D eigenvalue weighted by molar-refractivity contribution is 5.67. The maximum Gasteiger partial charge on any atom is 0.157 e. The monoisotopic (exact) mass is 325 g/mol. The summed E-state index contributed by atoms with van der Waals surface area (Å²) < 4.78 is 16.0. The van der Waals surface area contributed by atoms with Gasteiger partial charge >= 0.3 is 0 Å². The van der Waals surface area contributed by atoms with E-state index in [1.165, 1.54) is 6.07 Å². The molecule has 0 saturated carbocycles. The van der Waals surface area contributed by atoms with Crippen molar-refractivity contribution in [2.24, 2.45) is 0 Å². The summed E-state index contributed by atoms with van der Waals surface area (Å²) in [5, 5.41) is 7.92. The molecule has 1 aliphatic rings. The molecule has 1 aromatic carbocycles. The molecule has 0 radical (unpaired) electrons. The van der Waals surface area contributed by atoms with Crippen LogP contribution >= 0.6 is 0 Å². The molecule has 0 unspecified atom stereocenters. The van der Waals surface area contributed by atoms with Crippen molar-refractivity contribution in [3.63, 3.8) is 0 Å². The molecule has 24 heavy (non-hydrogen) atoms. The zero-order chi connectivity index (χ0) is 16.5. The predicted octanol–water partition coefficient (Wildman–Crippen LogP) is 2.72. The fraction of sp³-hybridized carbons (Fsp3) is 0.333. The molecule has 1 saturated heterocycles. The van der Waals surface area contributed by atoms with Crippen molar-refractivity contribution in [3.05, 3.63) is 48.4 Å². The van der Waals surface area contributed by atoms with E-state index in [0.29, 0.717) is 17.3 Å². The second-order valence-electron chi connectivity index (χ2n) is 6.09. The molecular weight excluding hydrogens is 305 g/mol. The Balaban J connectivity index is 1.83. The molecule has 6 heteroatoms. The number of hydrogen-bond donors (Lipinski definition) is 1. The van der Waals surface area contributed by atoms with Crippen LogP contribution in [-0.4, -0.2) is 40.3 Å². The lowest BCUT2D eigenvalue weighted by atomic mass is 10.1. The number of piperazine rings is 1. The first kappa shape index (κ1) is 15.1. The van der Waals surface area contributed by atoms with Gasteiger partial charge in [0.1, 0.15) is 11.6 Å². The quantitative estimate of drug-likeness (QED) is 0.804. The number of nitrogens with one attached hydrogen (secondary N) is 1. The van der Waals surface area contributed by atoms with E-state index in [0.717, 1.165) is 37.5 Å². The molecule has 0 bridgehead atoms. The SMILES string of the molecule is CC[C@@H]1CN(c2cc(-c3ccccc3F)nc3ccnn23)CCN1. The highest BCUT2D eigenvalue weighted by atomic mass is 19.1. The maximum atomic E-state index is 14.2. The summed E-state index contributed by atoms with van der Waals surface area (Å²) in [4.78, 5) is 6.88. The molecule has 1 N–H and O–H groups in total. The Bertz CT molecular complexity index is 859. The van der Waals surface area contributed by atoms with Crippen molar-refractivity contribution in [1.82, 2.24) is 19.9 Å². The van der Waals surface area contributed by atoms with E-state index < -0.39 is 0 Å². The Labute approximate surface area is 140 Å². The van der Waals surface area contributed by atoms with Gasteiger partial charge in [-0.2, -0.15) is 9.61 Å². The Morgan fingerprint density at radius 3 is 3.00 bits per heavy atom. The fourth-order valence-corrected chi connectivity index (χ4v) is 3.24. The topological polar surface area (TPSA) is 45.5 Å². The lowest BCUT2D eigenvalue weighted by molar-refractivity contribution is 0.443. The molecular formula is C18H20FN5. The summed E-state index contributed by atoms with van der Waals surface area (Å²) in [6.07, 6.45) is 2.81. The largest absolute Gasteiger partial charge is 0.354 e. The van der Waals surface area contributed by atoms with Crippen LogP contribution in [0.4, 0.5) is 10.2 Å². The third kappa shape index (κ3) is 2.63. The van der Waals surface area contributed by atoms with Gasteiger partial charge in [0.05, 0.1) is 11.9 Å². The zero-order valence-electron chi connectivity index (χ0n) is 13.6. The van der Waals surface area contributed by atoms with Gasteiger partial charge in [-0.05, 0) is 18.6 Å². The second-order valence-corrected chi connectivity index (χ2v) is 6.09. The summed E-state index contributed by atoms with van der Waals surface area (Å²) in [5.74, 6) is 0.703. The third-order valence-corrected chi connectivity index (χ3v) is 4.56. The summed E-state index contributed by atoms with van der Waals surface area (Å²) in [6, 6.07) is 11.0. The minimum atomic E-state index is -0.258. The predicted molar refractivity (Wildman–Crippen MR) is 92.7 cm³/mol. The van der Waals surface area contributed by atoms with Crippen LogP contribution in [0.25, 0.3) is 16.9 Å². The van der Waals surface area contributed by atoms with Crippen LogP contribution in [0.2, 0.25) is 0 Å². The van der Waals surface area contributed by atoms with E-state index in [-0.39, 0.29) is 5.82 Å². The fourth-order valence-electron chi connectivity index (χ4n) is 3.24. The molecule has 1 fully saturated rings. The summed E-state index contributed by atoms with van der Waals surface area (Å²) in [7, 11) is 0. The number of fused-ring (bicyclic) bond motifs is 1. The first-order valence-electron chi connectivity index (χ1n) is 8.34. The molecule has 5 nitrogen and oxygen atoms in total. The summed E-state index contributed by atoms with van der Waals surface area (Å²) >= 11 is 0. The Kier molecular flexibility index (Phi) is 3.90. The maximum absolute atomic E-state index is 14.2. The van der Waals surface area contributed by atoms with Crippen molar-refractivity contribution in [1.29, 1.82) is 0 Å². The van der Waals surface area contributed by atoms with Crippen molar-refractivity contribution >= 4 is 11.5 Å². The van der Waals surface area contributed by atoms with Gasteiger partial charge < -0.3 is 10.2 Å². The van der Waals surface area contributed by atoms with E-state index in [1.807, 2.05) is 22.7 Å². The van der Waals surface area contributed by atoms with Gasteiger partial charge in [-0.25, -0.2) is 9.37 Å². The number of anilines is 1. The standard InChI is InChI=1S/C18H20FN5/c1-2-13-12-23(10-9-20-13)18-11-16(14-5-3-4-6-15(14)19)22-17-7-8-21-24(17)18/h3-8,11,13,20H,2,9-10,12H2,1H3/t13-/m1/s1. The molecule has 0 spiro atoms. The van der Waals surface area contributed by atoms with Crippen LogP contribution < -0.4 is 10.2 Å².